The average Bonchev–Trinajstić information content (AvgIpc) is 2.96. The van der Waals surface area contributed by atoms with E-state index in [1.54, 1.807) is 31.2 Å². The van der Waals surface area contributed by atoms with Crippen LogP contribution < -0.4 is 26.6 Å². The summed E-state index contributed by atoms with van der Waals surface area (Å²) >= 11 is 0. The molecule has 1 rings (SSSR count). The molecule has 1 atom stereocenters. The molecule has 0 aliphatic carbocycles. The van der Waals surface area contributed by atoms with Crippen molar-refractivity contribution in [2.75, 3.05) is 39.8 Å². The lowest BCUT2D eigenvalue weighted by molar-refractivity contribution is -0.131. The Kier molecular flexibility index (Phi) is 19.0. The van der Waals surface area contributed by atoms with Gasteiger partial charge in [-0.3, -0.25) is 33.6 Å². The highest BCUT2D eigenvalue weighted by molar-refractivity contribution is 5.93. The van der Waals surface area contributed by atoms with Crippen molar-refractivity contribution in [3.63, 3.8) is 0 Å². The quantitative estimate of drug-likeness (QED) is 0.125. The van der Waals surface area contributed by atoms with Gasteiger partial charge in [0.15, 0.2) is 0 Å². The highest BCUT2D eigenvalue weighted by Gasteiger charge is 2.22. The van der Waals surface area contributed by atoms with Gasteiger partial charge in [-0.05, 0) is 18.6 Å². The molecule has 0 radical (unpaired) electrons. The summed E-state index contributed by atoms with van der Waals surface area (Å²) in [5, 5.41) is 12.3. The fourth-order valence-electron chi connectivity index (χ4n) is 2.99. The number of nitrogens with zero attached hydrogens (tertiary/aromatic N) is 1. The fourth-order valence-corrected chi connectivity index (χ4v) is 2.99. The van der Waals surface area contributed by atoms with Crippen LogP contribution in [0.15, 0.2) is 42.5 Å². The van der Waals surface area contributed by atoms with Crippen LogP contribution in [0, 0.1) is 0 Å². The Morgan fingerprint density at radius 1 is 0.825 bits per heavy atom. The first kappa shape index (κ1) is 35.5. The van der Waals surface area contributed by atoms with Gasteiger partial charge in [0.1, 0.15) is 12.3 Å². The number of benzene rings is 1. The molecule has 0 fully saturated rings. The standard InChI is InChI=1S/C25H34N6O7.C2H6/c1-3-26-21(34)16-29-25(38)19(14-18-8-5-4-6-9-18)30-23(36)17-28-22(35)15-27-20(33)11-12-31(2)24(37)10-7-13-32;1-2/h4-10,13,19H,3,11-12,14-17H2,1-2H3,(H,26,34)(H,27,33)(H,28,35)(H,29,38)(H,30,36);1-2H3/b10-7-;. The number of aldehydes is 1. The van der Waals surface area contributed by atoms with Crippen molar-refractivity contribution in [3.8, 4) is 0 Å². The Morgan fingerprint density at radius 2 is 1.40 bits per heavy atom. The molecule has 6 amide bonds. The van der Waals surface area contributed by atoms with E-state index in [1.807, 2.05) is 19.9 Å². The zero-order chi connectivity index (χ0) is 30.3. The summed E-state index contributed by atoms with van der Waals surface area (Å²) in [6.45, 7) is 5.15. The van der Waals surface area contributed by atoms with Gasteiger partial charge in [0.2, 0.25) is 35.4 Å². The molecule has 0 saturated heterocycles. The summed E-state index contributed by atoms with van der Waals surface area (Å²) in [5.41, 5.74) is 0.782. The Morgan fingerprint density at radius 3 is 2.02 bits per heavy atom. The minimum Gasteiger partial charge on any atom is -0.355 e. The van der Waals surface area contributed by atoms with Crippen LogP contribution in [0.25, 0.3) is 0 Å². The molecule has 1 unspecified atom stereocenters. The van der Waals surface area contributed by atoms with Crippen molar-refractivity contribution in [2.45, 2.75) is 39.7 Å². The minimum atomic E-state index is -0.989. The SMILES string of the molecule is CC.CCNC(=O)CNC(=O)C(Cc1ccccc1)NC(=O)CNC(=O)CNC(=O)CCN(C)C(=O)/C=C\C=O. The summed E-state index contributed by atoms with van der Waals surface area (Å²) in [7, 11) is 1.46. The van der Waals surface area contributed by atoms with Gasteiger partial charge in [0.25, 0.3) is 0 Å². The first-order chi connectivity index (χ1) is 19.2. The lowest BCUT2D eigenvalue weighted by Crippen LogP contribution is -2.52. The van der Waals surface area contributed by atoms with Crippen molar-refractivity contribution in [2.24, 2.45) is 0 Å². The van der Waals surface area contributed by atoms with Gasteiger partial charge in [-0.15, -0.1) is 0 Å². The molecular formula is C27H40N6O7. The maximum atomic E-state index is 12.6. The molecule has 0 aliphatic rings. The molecule has 13 nitrogen and oxygen atoms in total. The first-order valence-corrected chi connectivity index (χ1v) is 12.9. The molecule has 0 spiro atoms. The van der Waals surface area contributed by atoms with Gasteiger partial charge in [-0.2, -0.15) is 0 Å². The number of hydrogen-bond acceptors (Lipinski definition) is 7. The monoisotopic (exact) mass is 560 g/mol. The largest absolute Gasteiger partial charge is 0.355 e. The second kappa shape index (κ2) is 21.4. The van der Waals surface area contributed by atoms with E-state index in [-0.39, 0.29) is 31.8 Å². The van der Waals surface area contributed by atoms with Crippen molar-refractivity contribution < 1.29 is 33.6 Å². The molecule has 13 heteroatoms. The van der Waals surface area contributed by atoms with Crippen LogP contribution in [0.5, 0.6) is 0 Å². The topological polar surface area (TPSA) is 183 Å². The normalized spacial score (nSPS) is 10.7. The predicted octanol–water partition coefficient (Wildman–Crippen LogP) is -1.17. The molecule has 0 aromatic heterocycles. The summed E-state index contributed by atoms with van der Waals surface area (Å²) in [5.74, 6) is -3.13. The van der Waals surface area contributed by atoms with Gasteiger partial charge in [0.05, 0.1) is 19.6 Å². The zero-order valence-electron chi connectivity index (χ0n) is 23.5. The van der Waals surface area contributed by atoms with E-state index in [0.29, 0.717) is 12.8 Å². The van der Waals surface area contributed by atoms with E-state index in [2.05, 4.69) is 26.6 Å². The van der Waals surface area contributed by atoms with Crippen molar-refractivity contribution in [3.05, 3.63) is 48.0 Å². The molecule has 220 valence electrons. The van der Waals surface area contributed by atoms with Crippen molar-refractivity contribution in [1.29, 1.82) is 0 Å². The van der Waals surface area contributed by atoms with E-state index < -0.39 is 48.7 Å². The molecule has 0 heterocycles. The Labute approximate surface area is 234 Å². The Bertz CT molecular complexity index is 1010. The van der Waals surface area contributed by atoms with Crippen LogP contribution in [0.4, 0.5) is 0 Å². The third-order valence-electron chi connectivity index (χ3n) is 4.99. The zero-order valence-corrected chi connectivity index (χ0v) is 23.5. The number of rotatable bonds is 16. The molecule has 40 heavy (non-hydrogen) atoms. The van der Waals surface area contributed by atoms with Crippen LogP contribution in [0.2, 0.25) is 0 Å². The molecule has 1 aromatic carbocycles. The number of carbonyl (C=O) groups is 7. The predicted molar refractivity (Wildman–Crippen MR) is 149 cm³/mol. The number of hydrogen-bond donors (Lipinski definition) is 5. The van der Waals surface area contributed by atoms with Crippen molar-refractivity contribution >= 4 is 41.7 Å². The highest BCUT2D eigenvalue weighted by atomic mass is 16.2. The van der Waals surface area contributed by atoms with Crippen LogP contribution >= 0.6 is 0 Å². The van der Waals surface area contributed by atoms with E-state index in [1.165, 1.54) is 11.9 Å². The lowest BCUT2D eigenvalue weighted by atomic mass is 10.1. The summed E-state index contributed by atoms with van der Waals surface area (Å²) in [4.78, 5) is 83.8. The second-order valence-corrected chi connectivity index (χ2v) is 8.04. The van der Waals surface area contributed by atoms with E-state index >= 15 is 0 Å². The first-order valence-electron chi connectivity index (χ1n) is 12.9. The average molecular weight is 561 g/mol. The number of likely N-dealkylation sites (N-methyl/N-ethyl adjacent to an activating group) is 2. The molecule has 0 aliphatic heterocycles. The number of amides is 6. The van der Waals surface area contributed by atoms with Gasteiger partial charge in [-0.25, -0.2) is 0 Å². The summed E-state index contributed by atoms with van der Waals surface area (Å²) in [6, 6.07) is 7.97. The van der Waals surface area contributed by atoms with Gasteiger partial charge < -0.3 is 31.5 Å². The van der Waals surface area contributed by atoms with Crippen molar-refractivity contribution in [1.82, 2.24) is 31.5 Å². The van der Waals surface area contributed by atoms with Crippen LogP contribution in [-0.4, -0.2) is 92.4 Å². The molecule has 0 bridgehead atoms. The molecular weight excluding hydrogens is 520 g/mol. The lowest BCUT2D eigenvalue weighted by Gasteiger charge is -2.19. The third-order valence-corrected chi connectivity index (χ3v) is 4.99. The van der Waals surface area contributed by atoms with Crippen LogP contribution in [0.1, 0.15) is 32.8 Å². The van der Waals surface area contributed by atoms with Gasteiger partial charge in [-0.1, -0.05) is 44.2 Å². The number of carbonyl (C=O) groups excluding carboxylic acids is 7. The molecule has 1 aromatic rings. The van der Waals surface area contributed by atoms with Gasteiger partial charge >= 0.3 is 0 Å². The van der Waals surface area contributed by atoms with E-state index in [4.69, 9.17) is 0 Å². The van der Waals surface area contributed by atoms with Gasteiger partial charge in [0, 0.05) is 39.1 Å². The number of nitrogens with one attached hydrogen (secondary N) is 5. The summed E-state index contributed by atoms with van der Waals surface area (Å²) < 4.78 is 0. The Balaban J connectivity index is 0.00000742. The smallest absolute Gasteiger partial charge is 0.246 e. The molecule has 0 saturated carbocycles. The minimum absolute atomic E-state index is 0.0719. The maximum Gasteiger partial charge on any atom is 0.246 e. The fraction of sp³-hybridized carbons (Fsp3) is 0.444. The van der Waals surface area contributed by atoms with E-state index in [0.717, 1.165) is 17.7 Å². The number of allylic oxidation sites excluding steroid dienone is 1. The third kappa shape index (κ3) is 16.3. The maximum absolute atomic E-state index is 12.6. The Hall–Kier alpha value is -4.55. The second-order valence-electron chi connectivity index (χ2n) is 8.04. The highest BCUT2D eigenvalue weighted by Crippen LogP contribution is 2.03. The van der Waals surface area contributed by atoms with E-state index in [9.17, 15) is 33.6 Å². The molecule has 5 N–H and O–H groups in total. The van der Waals surface area contributed by atoms with Crippen LogP contribution in [0.3, 0.4) is 0 Å². The summed E-state index contributed by atoms with van der Waals surface area (Å²) in [6.07, 6.45) is 2.67. The van der Waals surface area contributed by atoms with Crippen LogP contribution in [-0.2, 0) is 40.0 Å².